The van der Waals surface area contributed by atoms with Gasteiger partial charge in [0, 0.05) is 67.5 Å². The number of fused-ring (bicyclic) bond motifs is 1. The molecule has 2 heterocycles. The van der Waals surface area contributed by atoms with Crippen molar-refractivity contribution in [2.75, 3.05) is 38.2 Å². The number of aromatic amines is 1. The Kier molecular flexibility index (Phi) is 11.2. The van der Waals surface area contributed by atoms with Crippen molar-refractivity contribution < 1.29 is 19.1 Å². The minimum Gasteiger partial charge on any atom is -0.444 e. The van der Waals surface area contributed by atoms with Crippen molar-refractivity contribution in [3.8, 4) is 11.1 Å². The number of halogens is 1. The number of hydrogen-bond donors (Lipinski definition) is 3. The number of aromatic nitrogens is 2. The zero-order valence-corrected chi connectivity index (χ0v) is 27.7. The Bertz CT molecular complexity index is 1610. The first-order valence-corrected chi connectivity index (χ1v) is 16.4. The van der Waals surface area contributed by atoms with Crippen LogP contribution in [-0.4, -0.2) is 65.5 Å². The van der Waals surface area contributed by atoms with Gasteiger partial charge >= 0.3 is 6.09 Å². The average molecular weight is 646 g/mol. The Morgan fingerprint density at radius 1 is 1.07 bits per heavy atom. The highest BCUT2D eigenvalue weighted by Crippen LogP contribution is 2.33. The molecule has 0 bridgehead atoms. The van der Waals surface area contributed by atoms with E-state index in [0.29, 0.717) is 24.0 Å². The summed E-state index contributed by atoms with van der Waals surface area (Å²) < 4.78 is 11.2. The first-order valence-electron chi connectivity index (χ1n) is 16.0. The van der Waals surface area contributed by atoms with Crippen LogP contribution >= 0.6 is 11.6 Å². The van der Waals surface area contributed by atoms with Crippen molar-refractivity contribution in [3.63, 3.8) is 0 Å². The van der Waals surface area contributed by atoms with E-state index in [2.05, 4.69) is 33.0 Å². The second-order valence-corrected chi connectivity index (χ2v) is 13.2. The molecule has 3 N–H and O–H groups in total. The van der Waals surface area contributed by atoms with Gasteiger partial charge in [-0.15, -0.1) is 0 Å². The van der Waals surface area contributed by atoms with Crippen LogP contribution in [0.4, 0.5) is 10.5 Å². The normalized spacial score (nSPS) is 13.8. The van der Waals surface area contributed by atoms with Gasteiger partial charge in [0.1, 0.15) is 5.60 Å². The molecule has 5 rings (SSSR count). The van der Waals surface area contributed by atoms with Gasteiger partial charge < -0.3 is 25.0 Å². The number of carbonyl (C=O) groups is 2. The summed E-state index contributed by atoms with van der Waals surface area (Å²) >= 11 is 6.64. The number of hydrogen-bond acceptors (Lipinski definition) is 6. The van der Waals surface area contributed by atoms with E-state index >= 15 is 0 Å². The van der Waals surface area contributed by atoms with Gasteiger partial charge in [0.25, 0.3) is 0 Å². The molecule has 0 radical (unpaired) electrons. The van der Waals surface area contributed by atoms with E-state index in [-0.39, 0.29) is 25.4 Å². The number of nitrogens with zero attached hydrogens (tertiary/aromatic N) is 2. The predicted molar refractivity (Wildman–Crippen MR) is 183 cm³/mol. The van der Waals surface area contributed by atoms with Gasteiger partial charge in [0.05, 0.1) is 11.7 Å². The van der Waals surface area contributed by atoms with E-state index in [9.17, 15) is 9.59 Å². The molecule has 3 aromatic carbocycles. The van der Waals surface area contributed by atoms with E-state index in [4.69, 9.17) is 21.1 Å². The van der Waals surface area contributed by atoms with Crippen LogP contribution < -0.4 is 10.6 Å². The highest BCUT2D eigenvalue weighted by Gasteiger charge is 2.23. The van der Waals surface area contributed by atoms with E-state index in [1.54, 1.807) is 4.90 Å². The molecule has 0 spiro atoms. The van der Waals surface area contributed by atoms with Gasteiger partial charge in [0.15, 0.2) is 0 Å². The Hall–Kier alpha value is -4.08. The van der Waals surface area contributed by atoms with Gasteiger partial charge in [-0.25, -0.2) is 4.79 Å². The first kappa shape index (κ1) is 33.3. The molecule has 0 unspecified atom stereocenters. The molecule has 9 nitrogen and oxygen atoms in total. The van der Waals surface area contributed by atoms with Crippen LogP contribution in [0.1, 0.15) is 63.5 Å². The number of rotatable bonds is 12. The van der Waals surface area contributed by atoms with Crippen molar-refractivity contribution in [1.29, 1.82) is 0 Å². The van der Waals surface area contributed by atoms with Crippen molar-refractivity contribution >= 4 is 40.2 Å². The molecule has 46 heavy (non-hydrogen) atoms. The van der Waals surface area contributed by atoms with Gasteiger partial charge in [-0.1, -0.05) is 54.1 Å². The fraction of sp³-hybridized carbons (Fsp3) is 0.417. The molecule has 1 aliphatic rings. The summed E-state index contributed by atoms with van der Waals surface area (Å²) in [4.78, 5) is 27.5. The standard InChI is InChI=1S/C36H44ClN5O4/c1-36(2,3)46-35(44)42(24-25-10-11-29(31(37)20-25)27-8-5-4-6-9-27)17-12-34(43)39-16-7-15-38-32-21-28(26-13-18-45-19-14-26)22-33-30(32)23-40-41-33/h4-6,8-11,20-23,26,38H,7,12-19,24H2,1-3H3,(H,39,43)(H,40,41). The lowest BCUT2D eigenvalue weighted by atomic mass is 9.90. The topological polar surface area (TPSA) is 109 Å². The lowest BCUT2D eigenvalue weighted by Gasteiger charge is -2.27. The number of ether oxygens (including phenoxy) is 2. The minimum absolute atomic E-state index is 0.121. The third-order valence-electron chi connectivity index (χ3n) is 8.02. The van der Waals surface area contributed by atoms with Gasteiger partial charge in [-0.2, -0.15) is 5.10 Å². The van der Waals surface area contributed by atoms with Crippen molar-refractivity contribution in [3.05, 3.63) is 83.0 Å². The van der Waals surface area contributed by atoms with Gasteiger partial charge in [0.2, 0.25) is 5.91 Å². The smallest absolute Gasteiger partial charge is 0.410 e. The van der Waals surface area contributed by atoms with Crippen LogP contribution in [0.2, 0.25) is 5.02 Å². The van der Waals surface area contributed by atoms with Gasteiger partial charge in [-0.05, 0) is 80.8 Å². The summed E-state index contributed by atoms with van der Waals surface area (Å²) in [6.07, 6.45) is 4.31. The zero-order valence-electron chi connectivity index (χ0n) is 26.9. The third-order valence-corrected chi connectivity index (χ3v) is 8.33. The molecule has 1 saturated heterocycles. The monoisotopic (exact) mass is 645 g/mol. The summed E-state index contributed by atoms with van der Waals surface area (Å²) in [7, 11) is 0. The maximum absolute atomic E-state index is 13.1. The first-order chi connectivity index (χ1) is 22.2. The highest BCUT2D eigenvalue weighted by molar-refractivity contribution is 6.33. The summed E-state index contributed by atoms with van der Waals surface area (Å²) in [5.41, 5.74) is 5.49. The predicted octanol–water partition coefficient (Wildman–Crippen LogP) is 7.52. The molecule has 1 fully saturated rings. The lowest BCUT2D eigenvalue weighted by Crippen LogP contribution is -2.39. The number of H-pyrrole nitrogens is 1. The SMILES string of the molecule is CC(C)(C)OC(=O)N(CCC(=O)NCCCNc1cc(C2CCOCC2)cc2[nH]ncc12)Cc1ccc(-c2ccccc2)c(Cl)c1. The number of carbonyl (C=O) groups excluding carboxylic acids is 2. The molecular formula is C36H44ClN5O4. The molecule has 1 aromatic heterocycles. The lowest BCUT2D eigenvalue weighted by molar-refractivity contribution is -0.121. The fourth-order valence-electron chi connectivity index (χ4n) is 5.64. The van der Waals surface area contributed by atoms with Crippen molar-refractivity contribution in [2.24, 2.45) is 0 Å². The molecule has 4 aromatic rings. The second kappa shape index (κ2) is 15.5. The minimum atomic E-state index is -0.661. The Labute approximate surface area is 276 Å². The van der Waals surface area contributed by atoms with Crippen LogP contribution in [0, 0.1) is 0 Å². The zero-order chi connectivity index (χ0) is 32.5. The Morgan fingerprint density at radius 3 is 2.59 bits per heavy atom. The van der Waals surface area contributed by atoms with E-state index in [0.717, 1.165) is 65.8 Å². The van der Waals surface area contributed by atoms with Gasteiger partial charge in [-0.3, -0.25) is 9.89 Å². The molecular weight excluding hydrogens is 602 g/mol. The van der Waals surface area contributed by atoms with E-state index in [1.165, 1.54) is 5.56 Å². The maximum atomic E-state index is 13.1. The molecule has 0 saturated carbocycles. The second-order valence-electron chi connectivity index (χ2n) is 12.7. The highest BCUT2D eigenvalue weighted by atomic mass is 35.5. The number of amides is 2. The molecule has 0 atom stereocenters. The van der Waals surface area contributed by atoms with Crippen LogP contribution in [0.5, 0.6) is 0 Å². The number of benzene rings is 3. The van der Waals surface area contributed by atoms with Crippen molar-refractivity contribution in [2.45, 2.75) is 64.5 Å². The summed E-state index contributed by atoms with van der Waals surface area (Å²) in [6, 6.07) is 20.1. The third kappa shape index (κ3) is 9.23. The van der Waals surface area contributed by atoms with Crippen LogP contribution in [-0.2, 0) is 20.8 Å². The summed E-state index contributed by atoms with van der Waals surface area (Å²) in [6.45, 7) is 8.77. The quantitative estimate of drug-likeness (QED) is 0.138. The number of nitrogens with one attached hydrogen (secondary N) is 3. The molecule has 2 amide bonds. The maximum Gasteiger partial charge on any atom is 0.410 e. The molecule has 10 heteroatoms. The molecule has 0 aliphatic carbocycles. The molecule has 1 aliphatic heterocycles. The number of anilines is 1. The summed E-state index contributed by atoms with van der Waals surface area (Å²) in [5, 5.41) is 15.5. The Morgan fingerprint density at radius 2 is 1.85 bits per heavy atom. The van der Waals surface area contributed by atoms with Crippen LogP contribution in [0.3, 0.4) is 0 Å². The van der Waals surface area contributed by atoms with Crippen molar-refractivity contribution in [1.82, 2.24) is 20.4 Å². The largest absolute Gasteiger partial charge is 0.444 e. The van der Waals surface area contributed by atoms with E-state index < -0.39 is 11.7 Å². The van der Waals surface area contributed by atoms with Crippen LogP contribution in [0.25, 0.3) is 22.0 Å². The van der Waals surface area contributed by atoms with Crippen LogP contribution in [0.15, 0.2) is 66.9 Å². The molecule has 244 valence electrons. The average Bonchev–Trinajstić information content (AvgIpc) is 3.52. The summed E-state index contributed by atoms with van der Waals surface area (Å²) in [5.74, 6) is 0.358. The fourth-order valence-corrected chi connectivity index (χ4v) is 5.95. The Balaban J connectivity index is 1.12. The van der Waals surface area contributed by atoms with E-state index in [1.807, 2.05) is 75.5 Å².